The standard InChI is InChI=1S/C14H27N5/c1-3-9-19-10-4-5-13(7-11-19)15-8-6-14-17-16-12-18(14)2/h12-13,15H,3-11H2,1-2H3. The van der Waals surface area contributed by atoms with Gasteiger partial charge in [0.1, 0.15) is 12.2 Å². The molecule has 1 aromatic heterocycles. The highest BCUT2D eigenvalue weighted by molar-refractivity contribution is 4.86. The summed E-state index contributed by atoms with van der Waals surface area (Å²) in [7, 11) is 2.00. The van der Waals surface area contributed by atoms with Crippen LogP contribution < -0.4 is 5.32 Å². The summed E-state index contributed by atoms with van der Waals surface area (Å²) < 4.78 is 2.00. The van der Waals surface area contributed by atoms with Crippen molar-refractivity contribution in [3.8, 4) is 0 Å². The van der Waals surface area contributed by atoms with Crippen molar-refractivity contribution in [2.45, 2.75) is 45.1 Å². The number of aryl methyl sites for hydroxylation is 1. The van der Waals surface area contributed by atoms with E-state index in [0.717, 1.165) is 18.8 Å². The van der Waals surface area contributed by atoms with Crippen LogP contribution in [0.5, 0.6) is 0 Å². The molecule has 1 N–H and O–H groups in total. The van der Waals surface area contributed by atoms with Crippen LogP contribution in [0.15, 0.2) is 6.33 Å². The predicted molar refractivity (Wildman–Crippen MR) is 77.1 cm³/mol. The number of hydrogen-bond donors (Lipinski definition) is 1. The highest BCUT2D eigenvalue weighted by atomic mass is 15.2. The van der Waals surface area contributed by atoms with E-state index >= 15 is 0 Å². The van der Waals surface area contributed by atoms with E-state index in [4.69, 9.17) is 0 Å². The lowest BCUT2D eigenvalue weighted by atomic mass is 10.1. The quantitative estimate of drug-likeness (QED) is 0.840. The van der Waals surface area contributed by atoms with Gasteiger partial charge in [0.25, 0.3) is 0 Å². The molecule has 0 aromatic carbocycles. The minimum Gasteiger partial charge on any atom is -0.321 e. The number of likely N-dealkylation sites (tertiary alicyclic amines) is 1. The van der Waals surface area contributed by atoms with Crippen LogP contribution in [-0.4, -0.2) is 51.9 Å². The molecule has 1 aromatic rings. The summed E-state index contributed by atoms with van der Waals surface area (Å²) in [4.78, 5) is 2.60. The summed E-state index contributed by atoms with van der Waals surface area (Å²) >= 11 is 0. The third-order valence-electron chi connectivity index (χ3n) is 3.95. The fourth-order valence-corrected chi connectivity index (χ4v) is 2.82. The molecule has 0 radical (unpaired) electrons. The SMILES string of the molecule is CCCN1CCCC(NCCc2nncn2C)CC1. The van der Waals surface area contributed by atoms with Gasteiger partial charge in [-0.25, -0.2) is 0 Å². The first-order valence-electron chi connectivity index (χ1n) is 7.58. The molecular formula is C14H27N5. The highest BCUT2D eigenvalue weighted by Crippen LogP contribution is 2.11. The van der Waals surface area contributed by atoms with Crippen molar-refractivity contribution in [3.05, 3.63) is 12.2 Å². The third-order valence-corrected chi connectivity index (χ3v) is 3.95. The molecule has 1 unspecified atom stereocenters. The largest absolute Gasteiger partial charge is 0.321 e. The van der Waals surface area contributed by atoms with Gasteiger partial charge in [-0.2, -0.15) is 0 Å². The minimum absolute atomic E-state index is 0.676. The van der Waals surface area contributed by atoms with Crippen molar-refractivity contribution in [1.29, 1.82) is 0 Å². The maximum absolute atomic E-state index is 4.12. The molecule has 0 spiro atoms. The van der Waals surface area contributed by atoms with Crippen LogP contribution >= 0.6 is 0 Å². The summed E-state index contributed by atoms with van der Waals surface area (Å²) in [6.07, 6.45) is 7.90. The zero-order valence-corrected chi connectivity index (χ0v) is 12.3. The van der Waals surface area contributed by atoms with Crippen LogP contribution in [0.25, 0.3) is 0 Å². The third kappa shape index (κ3) is 4.58. The van der Waals surface area contributed by atoms with Gasteiger partial charge in [0.15, 0.2) is 0 Å². The maximum atomic E-state index is 4.12. The number of nitrogens with one attached hydrogen (secondary N) is 1. The molecule has 108 valence electrons. The Morgan fingerprint density at radius 3 is 3.00 bits per heavy atom. The second-order valence-corrected chi connectivity index (χ2v) is 5.53. The Balaban J connectivity index is 1.67. The van der Waals surface area contributed by atoms with Gasteiger partial charge in [-0.1, -0.05) is 6.92 Å². The lowest BCUT2D eigenvalue weighted by Gasteiger charge is -2.19. The molecule has 19 heavy (non-hydrogen) atoms. The number of aromatic nitrogens is 3. The Hall–Kier alpha value is -0.940. The van der Waals surface area contributed by atoms with Crippen molar-refractivity contribution in [2.75, 3.05) is 26.2 Å². The lowest BCUT2D eigenvalue weighted by molar-refractivity contribution is 0.282. The van der Waals surface area contributed by atoms with Gasteiger partial charge in [-0.15, -0.1) is 10.2 Å². The van der Waals surface area contributed by atoms with Crippen LogP contribution in [0.1, 0.15) is 38.4 Å². The normalized spacial score (nSPS) is 21.5. The summed E-state index contributed by atoms with van der Waals surface area (Å²) in [6, 6.07) is 0.676. The Kier molecular flexibility index (Phi) is 5.79. The van der Waals surface area contributed by atoms with Gasteiger partial charge in [-0.05, 0) is 45.3 Å². The molecule has 1 aliphatic heterocycles. The topological polar surface area (TPSA) is 46.0 Å². The van der Waals surface area contributed by atoms with Crippen LogP contribution in [0.4, 0.5) is 0 Å². The summed E-state index contributed by atoms with van der Waals surface area (Å²) in [5.41, 5.74) is 0. The van der Waals surface area contributed by atoms with E-state index in [1.165, 1.54) is 45.3 Å². The van der Waals surface area contributed by atoms with Crippen LogP contribution in [0.2, 0.25) is 0 Å². The molecule has 1 fully saturated rings. The van der Waals surface area contributed by atoms with Gasteiger partial charge in [0.2, 0.25) is 0 Å². The zero-order valence-electron chi connectivity index (χ0n) is 12.3. The van der Waals surface area contributed by atoms with E-state index in [-0.39, 0.29) is 0 Å². The Morgan fingerprint density at radius 1 is 1.37 bits per heavy atom. The Bertz CT molecular complexity index is 362. The predicted octanol–water partition coefficient (Wildman–Crippen LogP) is 1.21. The van der Waals surface area contributed by atoms with Crippen molar-refractivity contribution in [3.63, 3.8) is 0 Å². The minimum atomic E-state index is 0.676. The first-order valence-corrected chi connectivity index (χ1v) is 7.58. The second-order valence-electron chi connectivity index (χ2n) is 5.53. The number of nitrogens with zero attached hydrogens (tertiary/aromatic N) is 4. The smallest absolute Gasteiger partial charge is 0.133 e. The molecule has 0 aliphatic carbocycles. The van der Waals surface area contributed by atoms with E-state index in [2.05, 4.69) is 27.3 Å². The van der Waals surface area contributed by atoms with Gasteiger partial charge in [0.05, 0.1) is 0 Å². The van der Waals surface area contributed by atoms with Gasteiger partial charge in [0, 0.05) is 26.1 Å². The average Bonchev–Trinajstić information content (AvgIpc) is 2.68. The monoisotopic (exact) mass is 265 g/mol. The van der Waals surface area contributed by atoms with Crippen molar-refractivity contribution in [1.82, 2.24) is 25.0 Å². The zero-order chi connectivity index (χ0) is 13.5. The molecule has 0 amide bonds. The van der Waals surface area contributed by atoms with E-state index in [1.54, 1.807) is 6.33 Å². The van der Waals surface area contributed by atoms with E-state index in [0.29, 0.717) is 6.04 Å². The maximum Gasteiger partial charge on any atom is 0.133 e. The summed E-state index contributed by atoms with van der Waals surface area (Å²) in [6.45, 7) is 7.04. The van der Waals surface area contributed by atoms with Crippen LogP contribution in [0.3, 0.4) is 0 Å². The van der Waals surface area contributed by atoms with Crippen LogP contribution in [0, 0.1) is 0 Å². The lowest BCUT2D eigenvalue weighted by Crippen LogP contribution is -2.32. The molecule has 2 rings (SSSR count). The fourth-order valence-electron chi connectivity index (χ4n) is 2.82. The second kappa shape index (κ2) is 7.60. The molecule has 1 atom stereocenters. The first-order chi connectivity index (χ1) is 9.29. The first kappa shape index (κ1) is 14.5. The molecule has 1 saturated heterocycles. The summed E-state index contributed by atoms with van der Waals surface area (Å²) in [5, 5.41) is 11.7. The van der Waals surface area contributed by atoms with E-state index < -0.39 is 0 Å². The Morgan fingerprint density at radius 2 is 2.26 bits per heavy atom. The van der Waals surface area contributed by atoms with Crippen molar-refractivity contribution in [2.24, 2.45) is 7.05 Å². The van der Waals surface area contributed by atoms with Gasteiger partial charge in [-0.3, -0.25) is 0 Å². The van der Waals surface area contributed by atoms with E-state index in [9.17, 15) is 0 Å². The molecule has 0 saturated carbocycles. The van der Waals surface area contributed by atoms with E-state index in [1.807, 2.05) is 11.6 Å². The average molecular weight is 265 g/mol. The molecule has 0 bridgehead atoms. The summed E-state index contributed by atoms with van der Waals surface area (Å²) in [5.74, 6) is 1.06. The molecule has 5 heteroatoms. The molecule has 5 nitrogen and oxygen atoms in total. The van der Waals surface area contributed by atoms with Gasteiger partial charge < -0.3 is 14.8 Å². The number of hydrogen-bond acceptors (Lipinski definition) is 4. The highest BCUT2D eigenvalue weighted by Gasteiger charge is 2.15. The fraction of sp³-hybridized carbons (Fsp3) is 0.857. The Labute approximate surface area is 116 Å². The van der Waals surface area contributed by atoms with Gasteiger partial charge >= 0.3 is 0 Å². The van der Waals surface area contributed by atoms with Crippen molar-refractivity contribution < 1.29 is 0 Å². The molecular weight excluding hydrogens is 238 g/mol. The van der Waals surface area contributed by atoms with Crippen molar-refractivity contribution >= 4 is 0 Å². The number of rotatable bonds is 6. The van der Waals surface area contributed by atoms with Crippen LogP contribution in [-0.2, 0) is 13.5 Å². The molecule has 1 aliphatic rings. The molecule has 2 heterocycles.